The molecule has 2 aliphatic rings. The molecule has 2 atom stereocenters. The summed E-state index contributed by atoms with van der Waals surface area (Å²) in [5, 5.41) is 7.96. The zero-order valence-electron chi connectivity index (χ0n) is 13.3. The molecule has 0 spiro atoms. The van der Waals surface area contributed by atoms with E-state index in [1.807, 2.05) is 0 Å². The first kappa shape index (κ1) is 15.0. The van der Waals surface area contributed by atoms with Gasteiger partial charge in [-0.15, -0.1) is 0 Å². The molecule has 1 heterocycles. The minimum absolute atomic E-state index is 0.558. The highest BCUT2D eigenvalue weighted by molar-refractivity contribution is 4.99. The molecular weight excluding hydrogens is 262 g/mol. The number of hydrogen-bond donors (Lipinski definition) is 1. The Bertz CT molecular complexity index is 425. The Hall–Kier alpha value is -0.900. The van der Waals surface area contributed by atoms with Crippen LogP contribution in [0.25, 0.3) is 0 Å². The van der Waals surface area contributed by atoms with Crippen LogP contribution in [0.1, 0.15) is 82.3 Å². The first-order chi connectivity index (χ1) is 10.4. The first-order valence-electron chi connectivity index (χ1n) is 8.92. The van der Waals surface area contributed by atoms with E-state index in [9.17, 15) is 0 Å². The van der Waals surface area contributed by atoms with Gasteiger partial charge in [0, 0.05) is 18.4 Å². The molecule has 0 radical (unpaired) electrons. The summed E-state index contributed by atoms with van der Waals surface area (Å²) in [5.74, 6) is 3.06. The lowest BCUT2D eigenvalue weighted by molar-refractivity contribution is 0.239. The molecule has 0 bridgehead atoms. The molecule has 118 valence electrons. The van der Waals surface area contributed by atoms with Gasteiger partial charge in [0.05, 0.1) is 0 Å². The predicted molar refractivity (Wildman–Crippen MR) is 83.3 cm³/mol. The molecule has 21 heavy (non-hydrogen) atoms. The molecule has 4 heteroatoms. The molecule has 1 N–H and O–H groups in total. The van der Waals surface area contributed by atoms with Crippen molar-refractivity contribution in [1.82, 2.24) is 15.5 Å². The lowest BCUT2D eigenvalue weighted by atomic mass is 9.82. The van der Waals surface area contributed by atoms with Crippen LogP contribution in [-0.4, -0.2) is 22.7 Å². The second-order valence-corrected chi connectivity index (χ2v) is 6.84. The summed E-state index contributed by atoms with van der Waals surface area (Å²) in [6.07, 6.45) is 12.6. The van der Waals surface area contributed by atoms with Crippen molar-refractivity contribution in [3.8, 4) is 0 Å². The maximum absolute atomic E-state index is 5.54. The molecule has 0 saturated heterocycles. The van der Waals surface area contributed by atoms with Gasteiger partial charge < -0.3 is 9.84 Å². The molecule has 3 rings (SSSR count). The van der Waals surface area contributed by atoms with Crippen molar-refractivity contribution in [2.45, 2.75) is 83.1 Å². The van der Waals surface area contributed by atoms with Crippen molar-refractivity contribution in [3.05, 3.63) is 11.7 Å². The second kappa shape index (κ2) is 7.39. The lowest BCUT2D eigenvalue weighted by Crippen LogP contribution is -2.39. The topological polar surface area (TPSA) is 51.0 Å². The Balaban J connectivity index is 1.58. The average molecular weight is 291 g/mol. The summed E-state index contributed by atoms with van der Waals surface area (Å²) < 4.78 is 5.54. The van der Waals surface area contributed by atoms with Crippen LogP contribution >= 0.6 is 0 Å². The van der Waals surface area contributed by atoms with Crippen LogP contribution in [0.2, 0.25) is 0 Å². The summed E-state index contributed by atoms with van der Waals surface area (Å²) >= 11 is 0. The van der Waals surface area contributed by atoms with E-state index in [1.54, 1.807) is 0 Å². The van der Waals surface area contributed by atoms with Crippen molar-refractivity contribution in [2.24, 2.45) is 5.92 Å². The maximum Gasteiger partial charge on any atom is 0.226 e. The van der Waals surface area contributed by atoms with E-state index in [0.717, 1.165) is 24.7 Å². The molecule has 0 aromatic carbocycles. The Labute approximate surface area is 128 Å². The highest BCUT2D eigenvalue weighted by Crippen LogP contribution is 2.33. The van der Waals surface area contributed by atoms with Gasteiger partial charge in [-0.05, 0) is 44.6 Å². The van der Waals surface area contributed by atoms with Gasteiger partial charge in [0.25, 0.3) is 0 Å². The van der Waals surface area contributed by atoms with Gasteiger partial charge in [-0.3, -0.25) is 0 Å². The smallest absolute Gasteiger partial charge is 0.226 e. The highest BCUT2D eigenvalue weighted by atomic mass is 16.5. The average Bonchev–Trinajstić information content (AvgIpc) is 3.17. The van der Waals surface area contributed by atoms with Crippen LogP contribution in [-0.2, 0) is 6.42 Å². The van der Waals surface area contributed by atoms with E-state index in [0.29, 0.717) is 17.9 Å². The highest BCUT2D eigenvalue weighted by Gasteiger charge is 2.28. The SMILES string of the molecule is CCCNC1CCCCC1Cc1nc(C2CCCC2)no1. The van der Waals surface area contributed by atoms with E-state index < -0.39 is 0 Å². The Morgan fingerprint density at radius 2 is 1.86 bits per heavy atom. The van der Waals surface area contributed by atoms with Gasteiger partial charge in [0.1, 0.15) is 0 Å². The monoisotopic (exact) mass is 291 g/mol. The van der Waals surface area contributed by atoms with Crippen LogP contribution in [0.5, 0.6) is 0 Å². The third-order valence-corrected chi connectivity index (χ3v) is 5.21. The van der Waals surface area contributed by atoms with E-state index in [1.165, 1.54) is 57.8 Å². The van der Waals surface area contributed by atoms with Gasteiger partial charge in [-0.2, -0.15) is 4.98 Å². The van der Waals surface area contributed by atoms with Crippen LogP contribution in [0, 0.1) is 5.92 Å². The Kier molecular flexibility index (Phi) is 5.28. The predicted octanol–water partition coefficient (Wildman–Crippen LogP) is 3.83. The lowest BCUT2D eigenvalue weighted by Gasteiger charge is -2.31. The van der Waals surface area contributed by atoms with Gasteiger partial charge in [0.15, 0.2) is 5.82 Å². The molecular formula is C17H29N3O. The Morgan fingerprint density at radius 1 is 1.10 bits per heavy atom. The van der Waals surface area contributed by atoms with Crippen LogP contribution in [0.4, 0.5) is 0 Å². The third-order valence-electron chi connectivity index (χ3n) is 5.21. The summed E-state index contributed by atoms with van der Waals surface area (Å²) in [5.41, 5.74) is 0. The number of aromatic nitrogens is 2. The molecule has 1 aromatic heterocycles. The van der Waals surface area contributed by atoms with Crippen molar-refractivity contribution >= 4 is 0 Å². The summed E-state index contributed by atoms with van der Waals surface area (Å²) in [7, 11) is 0. The minimum Gasteiger partial charge on any atom is -0.339 e. The molecule has 2 saturated carbocycles. The van der Waals surface area contributed by atoms with E-state index in [-0.39, 0.29) is 0 Å². The second-order valence-electron chi connectivity index (χ2n) is 6.84. The molecule has 0 aliphatic heterocycles. The third kappa shape index (κ3) is 3.85. The van der Waals surface area contributed by atoms with Crippen LogP contribution in [0.3, 0.4) is 0 Å². The summed E-state index contributed by atoms with van der Waals surface area (Å²) in [6, 6.07) is 0.639. The van der Waals surface area contributed by atoms with E-state index in [2.05, 4.69) is 17.4 Å². The Morgan fingerprint density at radius 3 is 2.67 bits per heavy atom. The normalized spacial score (nSPS) is 27.3. The largest absolute Gasteiger partial charge is 0.339 e. The maximum atomic E-state index is 5.54. The first-order valence-corrected chi connectivity index (χ1v) is 8.92. The summed E-state index contributed by atoms with van der Waals surface area (Å²) in [6.45, 7) is 3.36. The quantitative estimate of drug-likeness (QED) is 0.865. The standard InChI is InChI=1S/C17H29N3O/c1-2-11-18-15-10-6-5-9-14(15)12-16-19-17(20-21-16)13-7-3-4-8-13/h13-15,18H,2-12H2,1H3. The summed E-state index contributed by atoms with van der Waals surface area (Å²) in [4.78, 5) is 4.70. The van der Waals surface area contributed by atoms with Gasteiger partial charge >= 0.3 is 0 Å². The van der Waals surface area contributed by atoms with Crippen molar-refractivity contribution < 1.29 is 4.52 Å². The number of nitrogens with zero attached hydrogens (tertiary/aromatic N) is 2. The van der Waals surface area contributed by atoms with E-state index >= 15 is 0 Å². The number of hydrogen-bond acceptors (Lipinski definition) is 4. The fourth-order valence-electron chi connectivity index (χ4n) is 3.98. The molecule has 4 nitrogen and oxygen atoms in total. The molecule has 2 aliphatic carbocycles. The fraction of sp³-hybridized carbons (Fsp3) is 0.882. The molecule has 0 amide bonds. The van der Waals surface area contributed by atoms with Crippen LogP contribution < -0.4 is 5.32 Å². The zero-order chi connectivity index (χ0) is 14.5. The van der Waals surface area contributed by atoms with Gasteiger partial charge in [-0.1, -0.05) is 37.8 Å². The van der Waals surface area contributed by atoms with Crippen molar-refractivity contribution in [2.75, 3.05) is 6.54 Å². The van der Waals surface area contributed by atoms with Crippen molar-refractivity contribution in [1.29, 1.82) is 0 Å². The van der Waals surface area contributed by atoms with Crippen LogP contribution in [0.15, 0.2) is 4.52 Å². The number of nitrogens with one attached hydrogen (secondary N) is 1. The van der Waals surface area contributed by atoms with E-state index in [4.69, 9.17) is 9.51 Å². The molecule has 2 fully saturated rings. The van der Waals surface area contributed by atoms with Gasteiger partial charge in [0.2, 0.25) is 5.89 Å². The molecule has 1 aromatic rings. The molecule has 2 unspecified atom stereocenters. The zero-order valence-corrected chi connectivity index (χ0v) is 13.3. The van der Waals surface area contributed by atoms with Gasteiger partial charge in [-0.25, -0.2) is 0 Å². The van der Waals surface area contributed by atoms with Crippen molar-refractivity contribution in [3.63, 3.8) is 0 Å². The minimum atomic E-state index is 0.558. The number of rotatable bonds is 6. The fourth-order valence-corrected chi connectivity index (χ4v) is 3.98.